The highest BCUT2D eigenvalue weighted by Crippen LogP contribution is 2.43. The molecule has 3 aromatic rings. The predicted molar refractivity (Wildman–Crippen MR) is 114 cm³/mol. The zero-order chi connectivity index (χ0) is 21.4. The Morgan fingerprint density at radius 3 is 2.48 bits per heavy atom. The SMILES string of the molecule is COc1ccc([C@@H]2CC(=O)C3=C(C2)Nc2nonc2N[C@@H]3c2cccc(OC)c2)cc1. The van der Waals surface area contributed by atoms with Crippen LogP contribution in [0.3, 0.4) is 0 Å². The summed E-state index contributed by atoms with van der Waals surface area (Å²) < 4.78 is 15.6. The third-order valence-corrected chi connectivity index (χ3v) is 5.85. The van der Waals surface area contributed by atoms with Gasteiger partial charge in [0.2, 0.25) is 11.6 Å². The van der Waals surface area contributed by atoms with Crippen LogP contribution in [0.25, 0.3) is 0 Å². The molecule has 2 heterocycles. The maximum absolute atomic E-state index is 13.4. The Balaban J connectivity index is 1.56. The number of anilines is 2. The van der Waals surface area contributed by atoms with Crippen LogP contribution in [0.4, 0.5) is 11.6 Å². The standard InChI is InChI=1S/C23H22N4O4/c1-29-16-8-6-13(7-9-16)15-11-18-20(19(28)12-15)21(14-4-3-5-17(10-14)30-2)25-23-22(24-18)26-31-27-23/h3-10,15,21H,11-12H2,1-2H3,(H,24,26)(H,25,27)/t15-,21+/m0/s1. The summed E-state index contributed by atoms with van der Waals surface area (Å²) in [6.45, 7) is 0. The number of hydrogen-bond donors (Lipinski definition) is 2. The first-order chi connectivity index (χ1) is 15.2. The zero-order valence-electron chi connectivity index (χ0n) is 17.2. The van der Waals surface area contributed by atoms with E-state index in [2.05, 4.69) is 20.9 Å². The molecule has 0 saturated carbocycles. The van der Waals surface area contributed by atoms with Gasteiger partial charge in [-0.25, -0.2) is 4.63 Å². The van der Waals surface area contributed by atoms with Crippen LogP contribution in [0, 0.1) is 0 Å². The first-order valence-electron chi connectivity index (χ1n) is 10.1. The summed E-state index contributed by atoms with van der Waals surface area (Å²) in [7, 11) is 3.26. The molecule has 2 atom stereocenters. The van der Waals surface area contributed by atoms with E-state index in [1.807, 2.05) is 48.5 Å². The summed E-state index contributed by atoms with van der Waals surface area (Å²) in [5, 5.41) is 14.6. The number of nitrogens with zero attached hydrogens (tertiary/aromatic N) is 2. The maximum Gasteiger partial charge on any atom is 0.219 e. The van der Waals surface area contributed by atoms with Crippen molar-refractivity contribution in [3.05, 3.63) is 70.9 Å². The van der Waals surface area contributed by atoms with Crippen LogP contribution in [0.1, 0.15) is 35.9 Å². The minimum atomic E-state index is -0.393. The third kappa shape index (κ3) is 3.50. The molecule has 31 heavy (non-hydrogen) atoms. The fraction of sp³-hybridized carbons (Fsp3) is 0.261. The molecular weight excluding hydrogens is 396 g/mol. The van der Waals surface area contributed by atoms with Gasteiger partial charge in [-0.2, -0.15) is 0 Å². The van der Waals surface area contributed by atoms with Crippen molar-refractivity contribution in [2.45, 2.75) is 24.8 Å². The number of ether oxygens (including phenoxy) is 2. The van der Waals surface area contributed by atoms with Crippen molar-refractivity contribution in [2.24, 2.45) is 0 Å². The topological polar surface area (TPSA) is 98.5 Å². The van der Waals surface area contributed by atoms with Gasteiger partial charge in [-0.15, -0.1) is 0 Å². The van der Waals surface area contributed by atoms with Gasteiger partial charge >= 0.3 is 0 Å². The molecule has 0 unspecified atom stereocenters. The molecule has 8 nitrogen and oxygen atoms in total. The van der Waals surface area contributed by atoms with E-state index < -0.39 is 6.04 Å². The van der Waals surface area contributed by atoms with Gasteiger partial charge in [-0.05, 0) is 58.0 Å². The van der Waals surface area contributed by atoms with Crippen molar-refractivity contribution in [2.75, 3.05) is 24.9 Å². The van der Waals surface area contributed by atoms with Crippen molar-refractivity contribution >= 4 is 17.4 Å². The van der Waals surface area contributed by atoms with Gasteiger partial charge in [0.25, 0.3) is 0 Å². The van der Waals surface area contributed by atoms with E-state index in [-0.39, 0.29) is 11.7 Å². The molecular formula is C23H22N4O4. The predicted octanol–water partition coefficient (Wildman–Crippen LogP) is 4.07. The van der Waals surface area contributed by atoms with Crippen molar-refractivity contribution in [1.82, 2.24) is 10.3 Å². The maximum atomic E-state index is 13.4. The zero-order valence-corrected chi connectivity index (χ0v) is 17.2. The molecule has 2 N–H and O–H groups in total. The first-order valence-corrected chi connectivity index (χ1v) is 10.1. The van der Waals surface area contributed by atoms with E-state index in [1.54, 1.807) is 14.2 Å². The summed E-state index contributed by atoms with van der Waals surface area (Å²) in [4.78, 5) is 13.4. The van der Waals surface area contributed by atoms with E-state index >= 15 is 0 Å². The smallest absolute Gasteiger partial charge is 0.219 e. The monoisotopic (exact) mass is 418 g/mol. The number of carbonyl (C=O) groups is 1. The molecule has 158 valence electrons. The number of methoxy groups -OCH3 is 2. The first kappa shape index (κ1) is 19.2. The molecule has 0 radical (unpaired) electrons. The molecule has 0 saturated heterocycles. The molecule has 2 aliphatic rings. The van der Waals surface area contributed by atoms with E-state index in [9.17, 15) is 4.79 Å². The Kier molecular flexibility index (Phi) is 4.82. The van der Waals surface area contributed by atoms with Crippen molar-refractivity contribution in [3.63, 3.8) is 0 Å². The number of nitrogens with one attached hydrogen (secondary N) is 2. The van der Waals surface area contributed by atoms with Crippen molar-refractivity contribution < 1.29 is 18.9 Å². The molecule has 1 aliphatic heterocycles. The van der Waals surface area contributed by atoms with Crippen LogP contribution in [-0.4, -0.2) is 30.3 Å². The molecule has 1 aromatic heterocycles. The van der Waals surface area contributed by atoms with Crippen LogP contribution in [0.15, 0.2) is 64.4 Å². The Morgan fingerprint density at radius 1 is 0.935 bits per heavy atom. The Labute approximate surface area is 179 Å². The molecule has 5 rings (SSSR count). The highest BCUT2D eigenvalue weighted by atomic mass is 16.6. The molecule has 0 amide bonds. The second kappa shape index (κ2) is 7.79. The van der Waals surface area contributed by atoms with E-state index in [4.69, 9.17) is 14.1 Å². The van der Waals surface area contributed by atoms with Crippen molar-refractivity contribution in [3.8, 4) is 11.5 Å². The Morgan fingerprint density at radius 2 is 1.71 bits per heavy atom. The second-order valence-electron chi connectivity index (χ2n) is 7.63. The number of rotatable bonds is 4. The Bertz CT molecular complexity index is 1150. The van der Waals surface area contributed by atoms with Gasteiger partial charge in [0.15, 0.2) is 5.78 Å². The van der Waals surface area contributed by atoms with E-state index in [1.165, 1.54) is 0 Å². The van der Waals surface area contributed by atoms with Crippen LogP contribution in [-0.2, 0) is 4.79 Å². The number of Topliss-reactive ketones (excluding diaryl/α,β-unsaturated/α-hetero) is 1. The van der Waals surface area contributed by atoms with Gasteiger partial charge < -0.3 is 20.1 Å². The molecule has 1 aliphatic carbocycles. The minimum Gasteiger partial charge on any atom is -0.497 e. The quantitative estimate of drug-likeness (QED) is 0.654. The largest absolute Gasteiger partial charge is 0.497 e. The summed E-state index contributed by atoms with van der Waals surface area (Å²) in [6, 6.07) is 15.1. The van der Waals surface area contributed by atoms with Crippen LogP contribution >= 0.6 is 0 Å². The van der Waals surface area contributed by atoms with Gasteiger partial charge in [0.1, 0.15) is 11.5 Å². The average molecular weight is 418 g/mol. The summed E-state index contributed by atoms with van der Waals surface area (Å²) >= 11 is 0. The number of aromatic nitrogens is 2. The number of benzene rings is 2. The van der Waals surface area contributed by atoms with Crippen LogP contribution in [0.2, 0.25) is 0 Å². The number of fused-ring (bicyclic) bond motifs is 1. The number of carbonyl (C=O) groups excluding carboxylic acids is 1. The molecule has 0 spiro atoms. The second-order valence-corrected chi connectivity index (χ2v) is 7.63. The van der Waals surface area contributed by atoms with Crippen molar-refractivity contribution in [1.29, 1.82) is 0 Å². The van der Waals surface area contributed by atoms with E-state index in [0.717, 1.165) is 28.3 Å². The fourth-order valence-electron chi connectivity index (χ4n) is 4.28. The number of allylic oxidation sites excluding steroid dienone is 1. The van der Waals surface area contributed by atoms with Gasteiger partial charge in [-0.1, -0.05) is 24.3 Å². The van der Waals surface area contributed by atoms with Gasteiger partial charge in [-0.3, -0.25) is 4.79 Å². The lowest BCUT2D eigenvalue weighted by molar-refractivity contribution is -0.116. The van der Waals surface area contributed by atoms with Gasteiger partial charge in [0.05, 0.1) is 20.3 Å². The van der Waals surface area contributed by atoms with Gasteiger partial charge in [0, 0.05) is 17.7 Å². The summed E-state index contributed by atoms with van der Waals surface area (Å²) in [5.74, 6) is 2.58. The number of ketones is 1. The molecule has 8 heteroatoms. The lowest BCUT2D eigenvalue weighted by Crippen LogP contribution is -2.27. The lowest BCUT2D eigenvalue weighted by atomic mass is 9.78. The lowest BCUT2D eigenvalue weighted by Gasteiger charge is -2.29. The number of hydrogen-bond acceptors (Lipinski definition) is 8. The van der Waals surface area contributed by atoms with Crippen LogP contribution < -0.4 is 20.1 Å². The summed E-state index contributed by atoms with van der Waals surface area (Å²) in [6.07, 6.45) is 1.09. The third-order valence-electron chi connectivity index (χ3n) is 5.85. The molecule has 0 fully saturated rings. The summed E-state index contributed by atoms with van der Waals surface area (Å²) in [5.41, 5.74) is 3.52. The van der Waals surface area contributed by atoms with E-state index in [0.29, 0.717) is 30.1 Å². The average Bonchev–Trinajstić information content (AvgIpc) is 3.17. The molecule has 2 aromatic carbocycles. The fourth-order valence-corrected chi connectivity index (χ4v) is 4.28. The highest BCUT2D eigenvalue weighted by molar-refractivity contribution is 6.00. The Hall–Kier alpha value is -3.81. The van der Waals surface area contributed by atoms with Crippen LogP contribution in [0.5, 0.6) is 11.5 Å². The molecule has 0 bridgehead atoms. The normalized spacial score (nSPS) is 20.1. The minimum absolute atomic E-state index is 0.0528. The highest BCUT2D eigenvalue weighted by Gasteiger charge is 2.37.